The molecule has 1 atom stereocenters. The van der Waals surface area contributed by atoms with E-state index in [2.05, 4.69) is 4.74 Å². The molecular weight excluding hydrogens is 340 g/mol. The maximum atomic E-state index is 12.7. The van der Waals surface area contributed by atoms with Gasteiger partial charge in [-0.15, -0.1) is 0 Å². The fourth-order valence-corrected chi connectivity index (χ4v) is 4.01. The molecule has 0 heterocycles. The van der Waals surface area contributed by atoms with Crippen molar-refractivity contribution in [2.24, 2.45) is 11.8 Å². The van der Waals surface area contributed by atoms with Crippen LogP contribution >= 0.6 is 0 Å². The largest absolute Gasteiger partial charge is 0.469 e. The number of rotatable bonds is 12. The molecule has 1 aromatic carbocycles. The molecule has 0 saturated heterocycles. The van der Waals surface area contributed by atoms with Crippen LogP contribution < -0.4 is 0 Å². The summed E-state index contributed by atoms with van der Waals surface area (Å²) in [6, 6.07) is 9.89. The highest BCUT2D eigenvalue weighted by molar-refractivity contribution is 5.72. The van der Waals surface area contributed by atoms with E-state index in [0.29, 0.717) is 18.9 Å². The van der Waals surface area contributed by atoms with Gasteiger partial charge in [-0.2, -0.15) is 0 Å². The highest BCUT2D eigenvalue weighted by Crippen LogP contribution is 2.35. The van der Waals surface area contributed by atoms with Crippen LogP contribution in [0.4, 0.5) is 0 Å². The molecule has 0 bridgehead atoms. The van der Waals surface area contributed by atoms with Gasteiger partial charge >= 0.3 is 11.9 Å². The topological polar surface area (TPSA) is 52.6 Å². The van der Waals surface area contributed by atoms with Crippen molar-refractivity contribution in [3.8, 4) is 0 Å². The van der Waals surface area contributed by atoms with Crippen LogP contribution in [0.2, 0.25) is 0 Å². The summed E-state index contributed by atoms with van der Waals surface area (Å²) < 4.78 is 10.3. The van der Waals surface area contributed by atoms with Crippen molar-refractivity contribution < 1.29 is 19.1 Å². The first kappa shape index (κ1) is 21.5. The summed E-state index contributed by atoms with van der Waals surface area (Å²) in [5.74, 6) is 0.396. The molecule has 1 saturated carbocycles. The minimum Gasteiger partial charge on any atom is -0.469 e. The number of benzene rings is 1. The van der Waals surface area contributed by atoms with E-state index in [1.165, 1.54) is 20.0 Å². The Morgan fingerprint density at radius 3 is 2.37 bits per heavy atom. The standard InChI is InChI=1S/C23H34O4/c1-26-22(24)17-9-4-2-3-8-16-21(20-14-10-11-15-20)23(25)27-18-19-12-6-5-7-13-19/h5-7,12-13,20-21H,2-4,8-11,14-18H2,1H3. The molecule has 1 unspecified atom stereocenters. The molecular formula is C23H34O4. The summed E-state index contributed by atoms with van der Waals surface area (Å²) in [5.41, 5.74) is 1.04. The predicted molar refractivity (Wildman–Crippen MR) is 106 cm³/mol. The fraction of sp³-hybridized carbons (Fsp3) is 0.652. The number of hydrogen-bond acceptors (Lipinski definition) is 4. The normalized spacial score (nSPS) is 15.4. The first-order valence-corrected chi connectivity index (χ1v) is 10.5. The molecule has 0 aromatic heterocycles. The Morgan fingerprint density at radius 1 is 1.00 bits per heavy atom. The van der Waals surface area contributed by atoms with Gasteiger partial charge in [0.05, 0.1) is 13.0 Å². The third-order valence-electron chi connectivity index (χ3n) is 5.62. The molecule has 0 N–H and O–H groups in total. The molecule has 0 radical (unpaired) electrons. The quantitative estimate of drug-likeness (QED) is 0.361. The molecule has 4 nitrogen and oxygen atoms in total. The van der Waals surface area contributed by atoms with Gasteiger partial charge in [0.1, 0.15) is 6.61 Å². The molecule has 1 aromatic rings. The molecule has 150 valence electrons. The summed E-state index contributed by atoms with van der Waals surface area (Å²) in [5, 5.41) is 0. The third kappa shape index (κ3) is 8.15. The van der Waals surface area contributed by atoms with Crippen molar-refractivity contribution in [1.82, 2.24) is 0 Å². The van der Waals surface area contributed by atoms with Crippen LogP contribution in [0.5, 0.6) is 0 Å². The van der Waals surface area contributed by atoms with Gasteiger partial charge in [0.25, 0.3) is 0 Å². The zero-order valence-electron chi connectivity index (χ0n) is 16.7. The number of esters is 2. The van der Waals surface area contributed by atoms with Crippen molar-refractivity contribution in [2.45, 2.75) is 77.2 Å². The Morgan fingerprint density at radius 2 is 1.67 bits per heavy atom. The van der Waals surface area contributed by atoms with Gasteiger partial charge in [-0.1, -0.05) is 68.9 Å². The maximum Gasteiger partial charge on any atom is 0.309 e. The van der Waals surface area contributed by atoms with Crippen LogP contribution in [0.1, 0.15) is 76.2 Å². The van der Waals surface area contributed by atoms with Crippen molar-refractivity contribution in [1.29, 1.82) is 0 Å². The first-order chi connectivity index (χ1) is 13.2. The van der Waals surface area contributed by atoms with Gasteiger partial charge in [0.15, 0.2) is 0 Å². The Balaban J connectivity index is 1.70. The molecule has 1 fully saturated rings. The zero-order valence-corrected chi connectivity index (χ0v) is 16.7. The Bertz CT molecular complexity index is 549. The second kappa shape index (κ2) is 12.5. The lowest BCUT2D eigenvalue weighted by atomic mass is 9.86. The first-order valence-electron chi connectivity index (χ1n) is 10.5. The SMILES string of the molecule is COC(=O)CCCCCCCC(C(=O)OCc1ccccc1)C1CCCC1. The maximum absolute atomic E-state index is 12.7. The highest BCUT2D eigenvalue weighted by Gasteiger charge is 2.31. The molecule has 2 rings (SSSR count). The number of hydrogen-bond donors (Lipinski definition) is 0. The van der Waals surface area contributed by atoms with Crippen LogP contribution in [0, 0.1) is 11.8 Å². The number of carbonyl (C=O) groups excluding carboxylic acids is 2. The molecule has 0 spiro atoms. The van der Waals surface area contributed by atoms with E-state index in [0.717, 1.165) is 56.9 Å². The average molecular weight is 375 g/mol. The van der Waals surface area contributed by atoms with E-state index in [9.17, 15) is 9.59 Å². The second-order valence-corrected chi connectivity index (χ2v) is 7.63. The average Bonchev–Trinajstić information content (AvgIpc) is 3.23. The van der Waals surface area contributed by atoms with Crippen LogP contribution in [0.15, 0.2) is 30.3 Å². The lowest BCUT2D eigenvalue weighted by molar-refractivity contribution is -0.152. The Hall–Kier alpha value is -1.84. The van der Waals surface area contributed by atoms with E-state index in [4.69, 9.17) is 4.74 Å². The van der Waals surface area contributed by atoms with Gasteiger partial charge in [0.2, 0.25) is 0 Å². The number of carbonyl (C=O) groups is 2. The highest BCUT2D eigenvalue weighted by atomic mass is 16.5. The molecule has 0 aliphatic heterocycles. The van der Waals surface area contributed by atoms with Crippen molar-refractivity contribution in [3.05, 3.63) is 35.9 Å². The smallest absolute Gasteiger partial charge is 0.309 e. The van der Waals surface area contributed by atoms with Gasteiger partial charge < -0.3 is 9.47 Å². The summed E-state index contributed by atoms with van der Waals surface area (Å²) in [6.45, 7) is 0.371. The summed E-state index contributed by atoms with van der Waals surface area (Å²) in [4.78, 5) is 23.8. The number of methoxy groups -OCH3 is 1. The van der Waals surface area contributed by atoms with Gasteiger partial charge in [-0.05, 0) is 37.2 Å². The second-order valence-electron chi connectivity index (χ2n) is 7.63. The van der Waals surface area contributed by atoms with Crippen LogP contribution in [0.25, 0.3) is 0 Å². The summed E-state index contributed by atoms with van der Waals surface area (Å²) in [7, 11) is 1.43. The van der Waals surface area contributed by atoms with Gasteiger partial charge in [-0.25, -0.2) is 0 Å². The Labute approximate surface area is 163 Å². The van der Waals surface area contributed by atoms with E-state index in [1.54, 1.807) is 0 Å². The lowest BCUT2D eigenvalue weighted by Crippen LogP contribution is -2.24. The molecule has 27 heavy (non-hydrogen) atoms. The van der Waals surface area contributed by atoms with Crippen molar-refractivity contribution >= 4 is 11.9 Å². The zero-order chi connectivity index (χ0) is 19.3. The predicted octanol–water partition coefficient (Wildman–Crippen LogP) is 5.44. The van der Waals surface area contributed by atoms with Crippen LogP contribution in [-0.2, 0) is 25.7 Å². The third-order valence-corrected chi connectivity index (χ3v) is 5.62. The summed E-state index contributed by atoms with van der Waals surface area (Å²) in [6.07, 6.45) is 11.4. The number of unbranched alkanes of at least 4 members (excludes halogenated alkanes) is 4. The van der Waals surface area contributed by atoms with E-state index in [1.807, 2.05) is 30.3 Å². The van der Waals surface area contributed by atoms with E-state index < -0.39 is 0 Å². The lowest BCUT2D eigenvalue weighted by Gasteiger charge is -2.22. The van der Waals surface area contributed by atoms with E-state index >= 15 is 0 Å². The van der Waals surface area contributed by atoms with Crippen molar-refractivity contribution in [2.75, 3.05) is 7.11 Å². The van der Waals surface area contributed by atoms with Crippen LogP contribution in [-0.4, -0.2) is 19.0 Å². The molecule has 0 amide bonds. The Kier molecular flexibility index (Phi) is 9.96. The van der Waals surface area contributed by atoms with E-state index in [-0.39, 0.29) is 17.9 Å². The monoisotopic (exact) mass is 374 g/mol. The molecule has 1 aliphatic carbocycles. The minimum absolute atomic E-state index is 0.0172. The minimum atomic E-state index is -0.127. The molecule has 1 aliphatic rings. The van der Waals surface area contributed by atoms with Crippen LogP contribution in [0.3, 0.4) is 0 Å². The van der Waals surface area contributed by atoms with Gasteiger partial charge in [0, 0.05) is 6.42 Å². The number of ether oxygens (including phenoxy) is 2. The fourth-order valence-electron chi connectivity index (χ4n) is 4.01. The molecule has 4 heteroatoms. The van der Waals surface area contributed by atoms with Gasteiger partial charge in [-0.3, -0.25) is 9.59 Å². The van der Waals surface area contributed by atoms with Crippen molar-refractivity contribution in [3.63, 3.8) is 0 Å². The summed E-state index contributed by atoms with van der Waals surface area (Å²) >= 11 is 0.